The number of hydrogen-bond donors (Lipinski definition) is 0. The van der Waals surface area contributed by atoms with Crippen LogP contribution in [0.1, 0.15) is 41.4 Å². The zero-order valence-corrected chi connectivity index (χ0v) is 25.3. The SMILES string of the molecule is O=C(Cn1c2c(sc1=O)C(c1cccs1)C1C3CC(C1S2)C1C(=O)N(c2ccc(Cl)cc2)C(=O)C31)N1CCCCC1. The summed E-state index contributed by atoms with van der Waals surface area (Å²) in [6.45, 7) is 1.57. The van der Waals surface area contributed by atoms with E-state index in [0.29, 0.717) is 10.7 Å². The lowest BCUT2D eigenvalue weighted by molar-refractivity contribution is -0.133. The molecule has 1 aromatic carbocycles. The number of thiazole rings is 1. The van der Waals surface area contributed by atoms with E-state index in [9.17, 15) is 19.2 Å². The quantitative estimate of drug-likeness (QED) is 0.367. The van der Waals surface area contributed by atoms with Crippen molar-refractivity contribution < 1.29 is 14.4 Å². The summed E-state index contributed by atoms with van der Waals surface area (Å²) < 4.78 is 1.70. The van der Waals surface area contributed by atoms with Gasteiger partial charge in [0.2, 0.25) is 17.7 Å². The molecular weight excluding hydrogens is 598 g/mol. The van der Waals surface area contributed by atoms with Crippen LogP contribution in [0, 0.1) is 29.6 Å². The van der Waals surface area contributed by atoms with Crippen molar-refractivity contribution in [2.75, 3.05) is 18.0 Å². The number of hydrogen-bond acceptors (Lipinski definition) is 7. The normalized spacial score (nSPS) is 31.9. The van der Waals surface area contributed by atoms with Crippen molar-refractivity contribution in [1.82, 2.24) is 9.47 Å². The van der Waals surface area contributed by atoms with Crippen molar-refractivity contribution in [3.8, 4) is 0 Å². The van der Waals surface area contributed by atoms with Crippen LogP contribution in [0.15, 0.2) is 51.6 Å². The van der Waals surface area contributed by atoms with Crippen molar-refractivity contribution in [2.45, 2.75) is 48.4 Å². The average molecular weight is 626 g/mol. The van der Waals surface area contributed by atoms with Gasteiger partial charge in [0.05, 0.1) is 22.5 Å². The van der Waals surface area contributed by atoms with Gasteiger partial charge < -0.3 is 4.90 Å². The second-order valence-corrected chi connectivity index (χ2v) is 15.4. The topological polar surface area (TPSA) is 79.7 Å². The second kappa shape index (κ2) is 9.82. The van der Waals surface area contributed by atoms with E-state index in [1.165, 1.54) is 21.1 Å². The highest BCUT2D eigenvalue weighted by Gasteiger charge is 2.70. The van der Waals surface area contributed by atoms with E-state index in [4.69, 9.17) is 11.6 Å². The van der Waals surface area contributed by atoms with Crippen LogP contribution >= 0.6 is 46.0 Å². The molecule has 3 aliphatic heterocycles. The highest BCUT2D eigenvalue weighted by Crippen LogP contribution is 2.69. The van der Waals surface area contributed by atoms with Crippen LogP contribution in [0.2, 0.25) is 5.02 Å². The molecule has 2 saturated carbocycles. The molecule has 3 aromatic rings. The zero-order chi connectivity index (χ0) is 28.0. The standard InChI is InChI=1S/C30H28ClN3O4S3/c31-15-6-8-16(9-7-15)34-27(36)22-17-13-18(23(22)28(34)37)25-21(17)24(19-5-4-12-39-19)26-29(40-25)33(30(38)41-26)14-20(35)32-10-2-1-3-11-32/h4-9,12,17-18,21-25H,1-3,10-11,13-14H2. The summed E-state index contributed by atoms with van der Waals surface area (Å²) >= 11 is 10.7. The van der Waals surface area contributed by atoms with E-state index in [2.05, 4.69) is 11.4 Å². The van der Waals surface area contributed by atoms with Crippen molar-refractivity contribution in [3.05, 3.63) is 66.2 Å². The molecule has 5 heterocycles. The van der Waals surface area contributed by atoms with Crippen LogP contribution in [0.3, 0.4) is 0 Å². The van der Waals surface area contributed by atoms with Crippen molar-refractivity contribution in [3.63, 3.8) is 0 Å². The Labute approximate surface area is 254 Å². The van der Waals surface area contributed by atoms with Crippen molar-refractivity contribution in [1.29, 1.82) is 0 Å². The van der Waals surface area contributed by atoms with Gasteiger partial charge in [0.1, 0.15) is 6.54 Å². The van der Waals surface area contributed by atoms with E-state index in [1.807, 2.05) is 11.0 Å². The van der Waals surface area contributed by atoms with Crippen LogP contribution < -0.4 is 9.77 Å². The molecule has 0 radical (unpaired) electrons. The Balaban J connectivity index is 1.17. The molecule has 2 bridgehead atoms. The van der Waals surface area contributed by atoms with Gasteiger partial charge in [-0.25, -0.2) is 0 Å². The first-order chi connectivity index (χ1) is 19.9. The predicted molar refractivity (Wildman–Crippen MR) is 161 cm³/mol. The number of imide groups is 1. The third kappa shape index (κ3) is 3.90. The van der Waals surface area contributed by atoms with Crippen LogP contribution in [0.4, 0.5) is 5.69 Å². The van der Waals surface area contributed by atoms with E-state index in [-0.39, 0.29) is 69.9 Å². The lowest BCUT2D eigenvalue weighted by Crippen LogP contribution is -2.43. The molecule has 2 aliphatic carbocycles. The summed E-state index contributed by atoms with van der Waals surface area (Å²) in [6.07, 6.45) is 4.00. The zero-order valence-electron chi connectivity index (χ0n) is 22.1. The lowest BCUT2D eigenvalue weighted by atomic mass is 9.69. The molecule has 5 aliphatic rings. The number of piperidine rings is 1. The Hall–Kier alpha value is -2.40. The molecule has 212 valence electrons. The Bertz CT molecular complexity index is 1610. The van der Waals surface area contributed by atoms with E-state index in [0.717, 1.165) is 48.7 Å². The molecule has 0 spiro atoms. The van der Waals surface area contributed by atoms with E-state index in [1.54, 1.807) is 51.9 Å². The first-order valence-corrected chi connectivity index (χ1v) is 17.2. The number of thioether (sulfide) groups is 1. The van der Waals surface area contributed by atoms with Gasteiger partial charge in [0.15, 0.2) is 0 Å². The highest BCUT2D eigenvalue weighted by molar-refractivity contribution is 8.00. The summed E-state index contributed by atoms with van der Waals surface area (Å²) in [4.78, 5) is 59.8. The number of carbonyl (C=O) groups is 3. The number of rotatable bonds is 4. The molecule has 0 N–H and O–H groups in total. The Morgan fingerprint density at radius 2 is 1.68 bits per heavy atom. The minimum atomic E-state index is -0.351. The molecule has 2 saturated heterocycles. The first kappa shape index (κ1) is 26.2. The van der Waals surface area contributed by atoms with Crippen molar-refractivity contribution in [2.24, 2.45) is 29.6 Å². The number of nitrogens with zero attached hydrogens (tertiary/aromatic N) is 3. The molecule has 41 heavy (non-hydrogen) atoms. The maximum Gasteiger partial charge on any atom is 0.308 e. The molecule has 7 nitrogen and oxygen atoms in total. The van der Waals surface area contributed by atoms with E-state index >= 15 is 0 Å². The van der Waals surface area contributed by atoms with Gasteiger partial charge in [-0.15, -0.1) is 23.1 Å². The summed E-state index contributed by atoms with van der Waals surface area (Å²) in [5.41, 5.74) is 0.577. The third-order valence-electron chi connectivity index (χ3n) is 9.89. The molecule has 4 fully saturated rings. The Morgan fingerprint density at radius 1 is 0.951 bits per heavy atom. The molecular formula is C30H28ClN3O4S3. The fourth-order valence-electron chi connectivity index (χ4n) is 8.26. The molecule has 7 atom stereocenters. The third-order valence-corrected chi connectivity index (χ3v) is 13.9. The summed E-state index contributed by atoms with van der Waals surface area (Å²) in [5.74, 6) is -0.645. The van der Waals surface area contributed by atoms with Gasteiger partial charge in [-0.05, 0) is 79.1 Å². The number of fused-ring (bicyclic) bond motifs is 9. The second-order valence-electron chi connectivity index (χ2n) is 11.8. The number of aromatic nitrogens is 1. The molecule has 3 amide bonds. The highest BCUT2D eigenvalue weighted by atomic mass is 35.5. The maximum absolute atomic E-state index is 13.9. The summed E-state index contributed by atoms with van der Waals surface area (Å²) in [6, 6.07) is 11.1. The number of benzene rings is 1. The smallest absolute Gasteiger partial charge is 0.308 e. The molecule has 2 aromatic heterocycles. The van der Waals surface area contributed by atoms with Crippen LogP contribution in [0.5, 0.6) is 0 Å². The van der Waals surface area contributed by atoms with Gasteiger partial charge in [0, 0.05) is 39.0 Å². The number of halogens is 1. The van der Waals surface area contributed by atoms with Crippen molar-refractivity contribution >= 4 is 69.4 Å². The number of thiophene rings is 1. The number of likely N-dealkylation sites (tertiary alicyclic amines) is 1. The van der Waals surface area contributed by atoms with Gasteiger partial charge in [-0.1, -0.05) is 29.0 Å². The van der Waals surface area contributed by atoms with Crippen LogP contribution in [-0.2, 0) is 20.9 Å². The predicted octanol–water partition coefficient (Wildman–Crippen LogP) is 5.32. The van der Waals surface area contributed by atoms with Gasteiger partial charge in [0.25, 0.3) is 0 Å². The fourth-order valence-corrected chi connectivity index (χ4v) is 12.5. The largest absolute Gasteiger partial charge is 0.341 e. The minimum Gasteiger partial charge on any atom is -0.341 e. The number of carbonyl (C=O) groups excluding carboxylic acids is 3. The monoisotopic (exact) mass is 625 g/mol. The number of amides is 3. The number of anilines is 1. The Morgan fingerprint density at radius 3 is 2.39 bits per heavy atom. The average Bonchev–Trinajstić information content (AvgIpc) is 3.80. The maximum atomic E-state index is 13.9. The molecule has 8 rings (SSSR count). The summed E-state index contributed by atoms with van der Waals surface area (Å²) in [5, 5.41) is 3.62. The first-order valence-electron chi connectivity index (χ1n) is 14.3. The van der Waals surface area contributed by atoms with Gasteiger partial charge in [-0.2, -0.15) is 0 Å². The van der Waals surface area contributed by atoms with E-state index < -0.39 is 0 Å². The van der Waals surface area contributed by atoms with Crippen LogP contribution in [-0.4, -0.2) is 45.5 Å². The molecule has 11 heteroatoms. The fraction of sp³-hybridized carbons (Fsp3) is 0.467. The molecule has 7 unspecified atom stereocenters. The van der Waals surface area contributed by atoms with Gasteiger partial charge >= 0.3 is 4.87 Å². The van der Waals surface area contributed by atoms with Crippen LogP contribution in [0.25, 0.3) is 0 Å². The summed E-state index contributed by atoms with van der Waals surface area (Å²) in [7, 11) is 0. The minimum absolute atomic E-state index is 0.00553. The Kier molecular flexibility index (Phi) is 6.29. The van der Waals surface area contributed by atoms with Gasteiger partial charge in [-0.3, -0.25) is 28.6 Å². The lowest BCUT2D eigenvalue weighted by Gasteiger charge is -2.43.